The molecule has 0 bridgehead atoms. The third-order valence-electron chi connectivity index (χ3n) is 2.62. The Balaban J connectivity index is 2.27. The van der Waals surface area contributed by atoms with Crippen molar-refractivity contribution < 1.29 is 4.79 Å². The van der Waals surface area contributed by atoms with Crippen LogP contribution in [0.4, 0.5) is 5.82 Å². The van der Waals surface area contributed by atoms with Gasteiger partial charge in [-0.05, 0) is 46.5 Å². The van der Waals surface area contributed by atoms with Gasteiger partial charge in [0.05, 0.1) is 0 Å². The van der Waals surface area contributed by atoms with Gasteiger partial charge in [-0.15, -0.1) is 0 Å². The fourth-order valence-corrected chi connectivity index (χ4v) is 2.83. The number of halogens is 2. The highest BCUT2D eigenvalue weighted by Gasteiger charge is 2.30. The molecule has 1 aromatic heterocycles. The SMILES string of the molecule is Cc1cc(Br)nc(N2CC(CBr)CC2=O)c1. The summed E-state index contributed by atoms with van der Waals surface area (Å²) in [7, 11) is 0. The van der Waals surface area contributed by atoms with Crippen LogP contribution in [0.15, 0.2) is 16.7 Å². The maximum absolute atomic E-state index is 11.8. The number of pyridine rings is 1. The second kappa shape index (κ2) is 4.84. The summed E-state index contributed by atoms with van der Waals surface area (Å²) in [4.78, 5) is 17.9. The molecule has 1 unspecified atom stereocenters. The Bertz CT molecular complexity index is 402. The van der Waals surface area contributed by atoms with E-state index < -0.39 is 0 Å². The summed E-state index contributed by atoms with van der Waals surface area (Å²) < 4.78 is 0.776. The van der Waals surface area contributed by atoms with Crippen molar-refractivity contribution in [2.24, 2.45) is 5.92 Å². The van der Waals surface area contributed by atoms with E-state index in [1.54, 1.807) is 4.90 Å². The highest BCUT2D eigenvalue weighted by atomic mass is 79.9. The summed E-state index contributed by atoms with van der Waals surface area (Å²) in [5, 5.41) is 0.863. The first-order valence-corrected chi connectivity index (χ1v) is 7.02. The van der Waals surface area contributed by atoms with Crippen LogP contribution in [0.5, 0.6) is 0 Å². The van der Waals surface area contributed by atoms with E-state index >= 15 is 0 Å². The molecule has 1 aromatic rings. The maximum Gasteiger partial charge on any atom is 0.228 e. The van der Waals surface area contributed by atoms with Crippen LogP contribution in [-0.4, -0.2) is 22.8 Å². The van der Waals surface area contributed by atoms with Gasteiger partial charge in [-0.25, -0.2) is 4.98 Å². The van der Waals surface area contributed by atoms with Gasteiger partial charge in [0.15, 0.2) is 0 Å². The van der Waals surface area contributed by atoms with Crippen LogP contribution in [0.25, 0.3) is 0 Å². The van der Waals surface area contributed by atoms with Gasteiger partial charge in [-0.1, -0.05) is 15.9 Å². The monoisotopic (exact) mass is 346 g/mol. The number of carbonyl (C=O) groups excluding carboxylic acids is 1. The molecule has 0 saturated carbocycles. The van der Waals surface area contributed by atoms with Gasteiger partial charge in [-0.3, -0.25) is 9.69 Å². The maximum atomic E-state index is 11.8. The fraction of sp³-hybridized carbons (Fsp3) is 0.455. The van der Waals surface area contributed by atoms with Crippen LogP contribution >= 0.6 is 31.9 Å². The molecule has 1 aliphatic heterocycles. The number of anilines is 1. The van der Waals surface area contributed by atoms with E-state index in [0.717, 1.165) is 27.9 Å². The van der Waals surface area contributed by atoms with Crippen LogP contribution < -0.4 is 4.90 Å². The Kier molecular flexibility index (Phi) is 3.64. The molecule has 1 fully saturated rings. The molecule has 1 atom stereocenters. The molecule has 1 saturated heterocycles. The van der Waals surface area contributed by atoms with Gasteiger partial charge in [0.1, 0.15) is 10.4 Å². The van der Waals surface area contributed by atoms with Crippen molar-refractivity contribution in [2.75, 3.05) is 16.8 Å². The van der Waals surface area contributed by atoms with Crippen LogP contribution in [0, 0.1) is 12.8 Å². The van der Waals surface area contributed by atoms with Gasteiger partial charge in [-0.2, -0.15) is 0 Å². The van der Waals surface area contributed by atoms with Gasteiger partial charge < -0.3 is 0 Å². The first kappa shape index (κ1) is 12.0. The molecule has 16 heavy (non-hydrogen) atoms. The van der Waals surface area contributed by atoms with Crippen molar-refractivity contribution in [3.63, 3.8) is 0 Å². The lowest BCUT2D eigenvalue weighted by atomic mass is 10.2. The first-order valence-electron chi connectivity index (χ1n) is 5.10. The quantitative estimate of drug-likeness (QED) is 0.608. The normalized spacial score (nSPS) is 20.6. The number of aromatic nitrogens is 1. The third kappa shape index (κ3) is 2.46. The summed E-state index contributed by atoms with van der Waals surface area (Å²) in [6.45, 7) is 2.76. The van der Waals surface area contributed by atoms with Crippen molar-refractivity contribution >= 4 is 43.6 Å². The Morgan fingerprint density at radius 3 is 2.88 bits per heavy atom. The smallest absolute Gasteiger partial charge is 0.228 e. The molecule has 2 heterocycles. The lowest BCUT2D eigenvalue weighted by Crippen LogP contribution is -2.25. The Hall–Kier alpha value is -0.420. The largest absolute Gasteiger partial charge is 0.296 e. The Morgan fingerprint density at radius 2 is 2.31 bits per heavy atom. The van der Waals surface area contributed by atoms with E-state index in [4.69, 9.17) is 0 Å². The highest BCUT2D eigenvalue weighted by Crippen LogP contribution is 2.26. The number of alkyl halides is 1. The van der Waals surface area contributed by atoms with Gasteiger partial charge in [0.25, 0.3) is 0 Å². The third-order valence-corrected chi connectivity index (χ3v) is 3.95. The molecule has 0 aromatic carbocycles. The molecule has 0 N–H and O–H groups in total. The van der Waals surface area contributed by atoms with Crippen LogP contribution in [0.3, 0.4) is 0 Å². The number of aryl methyl sites for hydroxylation is 1. The average Bonchev–Trinajstić information content (AvgIpc) is 2.58. The minimum absolute atomic E-state index is 0.162. The predicted molar refractivity (Wildman–Crippen MR) is 70.9 cm³/mol. The number of amides is 1. The van der Waals surface area contributed by atoms with Gasteiger partial charge in [0, 0.05) is 18.3 Å². The lowest BCUT2D eigenvalue weighted by molar-refractivity contribution is -0.117. The first-order chi connectivity index (χ1) is 7.60. The summed E-state index contributed by atoms with van der Waals surface area (Å²) >= 11 is 6.78. The molecule has 86 valence electrons. The predicted octanol–water partition coefficient (Wildman–Crippen LogP) is 2.90. The fourth-order valence-electron chi connectivity index (χ4n) is 1.85. The van der Waals surface area contributed by atoms with Gasteiger partial charge >= 0.3 is 0 Å². The molecule has 0 spiro atoms. The number of rotatable bonds is 2. The Morgan fingerprint density at radius 1 is 1.56 bits per heavy atom. The molecule has 1 amide bonds. The summed E-state index contributed by atoms with van der Waals surface area (Å²) in [5.74, 6) is 1.31. The Labute approximate surface area is 111 Å². The molecular formula is C11H12Br2N2O. The molecule has 3 nitrogen and oxygen atoms in total. The van der Waals surface area contributed by atoms with Crippen molar-refractivity contribution in [3.05, 3.63) is 22.3 Å². The summed E-state index contributed by atoms with van der Waals surface area (Å²) in [5.41, 5.74) is 1.10. The van der Waals surface area contributed by atoms with Crippen molar-refractivity contribution in [2.45, 2.75) is 13.3 Å². The minimum atomic E-state index is 0.162. The van der Waals surface area contributed by atoms with Crippen molar-refractivity contribution in [1.82, 2.24) is 4.98 Å². The van der Waals surface area contributed by atoms with E-state index in [1.807, 2.05) is 19.1 Å². The van der Waals surface area contributed by atoms with Crippen LogP contribution in [0.2, 0.25) is 0 Å². The summed E-state index contributed by atoms with van der Waals surface area (Å²) in [6, 6.07) is 3.88. The number of hydrogen-bond donors (Lipinski definition) is 0. The average molecular weight is 348 g/mol. The summed E-state index contributed by atoms with van der Waals surface area (Å²) in [6.07, 6.45) is 0.610. The molecule has 0 radical (unpaired) electrons. The highest BCUT2D eigenvalue weighted by molar-refractivity contribution is 9.10. The molecule has 0 aliphatic carbocycles. The lowest BCUT2D eigenvalue weighted by Gasteiger charge is -2.16. The standard InChI is InChI=1S/C11H12Br2N2O/c1-7-2-9(13)14-10(3-7)15-6-8(5-12)4-11(15)16/h2-3,8H,4-6H2,1H3. The number of hydrogen-bond acceptors (Lipinski definition) is 2. The number of carbonyl (C=O) groups is 1. The topological polar surface area (TPSA) is 33.2 Å². The van der Waals surface area contributed by atoms with Crippen LogP contribution in [-0.2, 0) is 4.79 Å². The molecule has 5 heteroatoms. The molecular weight excluding hydrogens is 336 g/mol. The van der Waals surface area contributed by atoms with Gasteiger partial charge in [0.2, 0.25) is 5.91 Å². The number of nitrogens with zero attached hydrogens (tertiary/aromatic N) is 2. The minimum Gasteiger partial charge on any atom is -0.296 e. The zero-order valence-electron chi connectivity index (χ0n) is 8.91. The second-order valence-electron chi connectivity index (χ2n) is 4.05. The van der Waals surface area contributed by atoms with Crippen molar-refractivity contribution in [3.8, 4) is 0 Å². The molecule has 2 rings (SSSR count). The van der Waals surface area contributed by atoms with E-state index in [9.17, 15) is 4.79 Å². The van der Waals surface area contributed by atoms with E-state index in [-0.39, 0.29) is 5.91 Å². The van der Waals surface area contributed by atoms with E-state index in [1.165, 1.54) is 0 Å². The van der Waals surface area contributed by atoms with Crippen LogP contribution in [0.1, 0.15) is 12.0 Å². The zero-order chi connectivity index (χ0) is 11.7. The zero-order valence-corrected chi connectivity index (χ0v) is 12.1. The van der Waals surface area contributed by atoms with Crippen molar-refractivity contribution in [1.29, 1.82) is 0 Å². The second-order valence-corrected chi connectivity index (χ2v) is 5.51. The van der Waals surface area contributed by atoms with E-state index in [2.05, 4.69) is 36.8 Å². The van der Waals surface area contributed by atoms with E-state index in [0.29, 0.717) is 12.3 Å². The molecule has 1 aliphatic rings.